The standard InChI is InChI=1S/C21H19ClFN3O/c22-19-4-2-1-3-16(19)14-26-18-10-12-24-20(13-18)21(27)25-11-9-15-5-7-17(23)8-6-15/h1-8,10,12-13H,9,11,14H2,(H,24,26)(H,25,27). The summed E-state index contributed by atoms with van der Waals surface area (Å²) in [5.74, 6) is -0.522. The highest BCUT2D eigenvalue weighted by atomic mass is 35.5. The lowest BCUT2D eigenvalue weighted by atomic mass is 10.1. The number of carbonyl (C=O) groups excluding carboxylic acids is 1. The summed E-state index contributed by atoms with van der Waals surface area (Å²) in [5.41, 5.74) is 3.05. The van der Waals surface area contributed by atoms with E-state index in [1.54, 1.807) is 30.5 Å². The Labute approximate surface area is 162 Å². The van der Waals surface area contributed by atoms with E-state index >= 15 is 0 Å². The van der Waals surface area contributed by atoms with Gasteiger partial charge in [-0.2, -0.15) is 0 Å². The summed E-state index contributed by atoms with van der Waals surface area (Å²) in [5, 5.41) is 6.76. The van der Waals surface area contributed by atoms with Gasteiger partial charge in [0.2, 0.25) is 0 Å². The zero-order valence-electron chi connectivity index (χ0n) is 14.6. The van der Waals surface area contributed by atoms with Crippen LogP contribution >= 0.6 is 11.6 Å². The van der Waals surface area contributed by atoms with Crippen molar-refractivity contribution in [2.24, 2.45) is 0 Å². The van der Waals surface area contributed by atoms with Crippen LogP contribution in [0.4, 0.5) is 10.1 Å². The molecule has 1 aromatic heterocycles. The number of aromatic nitrogens is 1. The molecule has 0 fully saturated rings. The van der Waals surface area contributed by atoms with Gasteiger partial charge in [0, 0.05) is 30.0 Å². The highest BCUT2D eigenvalue weighted by Gasteiger charge is 2.08. The largest absolute Gasteiger partial charge is 0.381 e. The Bertz CT molecular complexity index is 915. The first-order valence-electron chi connectivity index (χ1n) is 8.58. The molecule has 138 valence electrons. The molecule has 1 amide bonds. The predicted molar refractivity (Wildman–Crippen MR) is 105 cm³/mol. The Morgan fingerprint density at radius 2 is 1.85 bits per heavy atom. The zero-order valence-corrected chi connectivity index (χ0v) is 15.3. The molecule has 2 N–H and O–H groups in total. The number of nitrogens with zero attached hydrogens (tertiary/aromatic N) is 1. The van der Waals surface area contributed by atoms with Crippen LogP contribution in [-0.4, -0.2) is 17.4 Å². The molecule has 1 heterocycles. The maximum Gasteiger partial charge on any atom is 0.269 e. The fraction of sp³-hybridized carbons (Fsp3) is 0.143. The first kappa shape index (κ1) is 18.9. The summed E-state index contributed by atoms with van der Waals surface area (Å²) in [6.07, 6.45) is 2.21. The van der Waals surface area contributed by atoms with E-state index in [0.717, 1.165) is 16.8 Å². The third-order valence-electron chi connectivity index (χ3n) is 4.05. The van der Waals surface area contributed by atoms with Crippen molar-refractivity contribution in [3.63, 3.8) is 0 Å². The molecule has 6 heteroatoms. The maximum absolute atomic E-state index is 12.9. The van der Waals surface area contributed by atoms with Gasteiger partial charge in [0.05, 0.1) is 0 Å². The SMILES string of the molecule is O=C(NCCc1ccc(F)cc1)c1cc(NCc2ccccc2Cl)ccn1. The minimum atomic E-state index is -0.270. The monoisotopic (exact) mass is 383 g/mol. The Kier molecular flexibility index (Phi) is 6.39. The van der Waals surface area contributed by atoms with Gasteiger partial charge in [0.15, 0.2) is 0 Å². The number of rotatable bonds is 7. The number of carbonyl (C=O) groups is 1. The van der Waals surface area contributed by atoms with Gasteiger partial charge < -0.3 is 10.6 Å². The molecule has 0 atom stereocenters. The summed E-state index contributed by atoms with van der Waals surface area (Å²) < 4.78 is 12.9. The van der Waals surface area contributed by atoms with Crippen LogP contribution in [0.25, 0.3) is 0 Å². The van der Waals surface area contributed by atoms with Crippen molar-refractivity contribution in [3.05, 3.63) is 94.5 Å². The molecule has 0 bridgehead atoms. The molecule has 27 heavy (non-hydrogen) atoms. The number of pyridine rings is 1. The van der Waals surface area contributed by atoms with Crippen molar-refractivity contribution in [2.75, 3.05) is 11.9 Å². The molecule has 3 aromatic rings. The molecule has 3 rings (SSSR count). The summed E-state index contributed by atoms with van der Waals surface area (Å²) >= 11 is 6.15. The number of halogens is 2. The summed E-state index contributed by atoms with van der Waals surface area (Å²) in [6.45, 7) is 0.999. The molecule has 0 radical (unpaired) electrons. The molecule has 0 saturated heterocycles. The van der Waals surface area contributed by atoms with Crippen LogP contribution in [-0.2, 0) is 13.0 Å². The lowest BCUT2D eigenvalue weighted by Crippen LogP contribution is -2.26. The molecule has 4 nitrogen and oxygen atoms in total. The average molecular weight is 384 g/mol. The van der Waals surface area contributed by atoms with Gasteiger partial charge in [0.1, 0.15) is 11.5 Å². The van der Waals surface area contributed by atoms with Crippen LogP contribution in [0.3, 0.4) is 0 Å². The number of anilines is 1. The average Bonchev–Trinajstić information content (AvgIpc) is 2.69. The molecule has 0 aliphatic heterocycles. The van der Waals surface area contributed by atoms with E-state index < -0.39 is 0 Å². The zero-order chi connectivity index (χ0) is 19.1. The first-order chi connectivity index (χ1) is 13.1. The minimum absolute atomic E-state index is 0.251. The second kappa shape index (κ2) is 9.14. The second-order valence-corrected chi connectivity index (χ2v) is 6.41. The van der Waals surface area contributed by atoms with Crippen molar-refractivity contribution >= 4 is 23.2 Å². The van der Waals surface area contributed by atoms with Crippen LogP contribution in [0, 0.1) is 5.82 Å². The van der Waals surface area contributed by atoms with E-state index in [0.29, 0.717) is 30.2 Å². The van der Waals surface area contributed by atoms with E-state index in [-0.39, 0.29) is 11.7 Å². The van der Waals surface area contributed by atoms with E-state index in [4.69, 9.17) is 11.6 Å². The van der Waals surface area contributed by atoms with Gasteiger partial charge in [-0.1, -0.05) is 41.9 Å². The lowest BCUT2D eigenvalue weighted by molar-refractivity contribution is 0.0949. The van der Waals surface area contributed by atoms with Crippen molar-refractivity contribution in [1.29, 1.82) is 0 Å². The van der Waals surface area contributed by atoms with Gasteiger partial charge in [-0.3, -0.25) is 9.78 Å². The normalized spacial score (nSPS) is 10.4. The van der Waals surface area contributed by atoms with Crippen LogP contribution in [0.1, 0.15) is 21.6 Å². The summed E-state index contributed by atoms with van der Waals surface area (Å²) in [6, 6.07) is 17.3. The molecule has 0 saturated carbocycles. The fourth-order valence-corrected chi connectivity index (χ4v) is 2.77. The van der Waals surface area contributed by atoms with Gasteiger partial charge >= 0.3 is 0 Å². The van der Waals surface area contributed by atoms with Gasteiger partial charge in [-0.15, -0.1) is 0 Å². The molecule has 0 spiro atoms. The molecular weight excluding hydrogens is 365 g/mol. The highest BCUT2D eigenvalue weighted by molar-refractivity contribution is 6.31. The van der Waals surface area contributed by atoms with Crippen molar-refractivity contribution in [3.8, 4) is 0 Å². The lowest BCUT2D eigenvalue weighted by Gasteiger charge is -2.09. The van der Waals surface area contributed by atoms with Crippen LogP contribution in [0.15, 0.2) is 66.9 Å². The topological polar surface area (TPSA) is 54.0 Å². The number of benzene rings is 2. The minimum Gasteiger partial charge on any atom is -0.381 e. The molecule has 0 aliphatic rings. The summed E-state index contributed by atoms with van der Waals surface area (Å²) in [7, 11) is 0. The van der Waals surface area contributed by atoms with Crippen LogP contribution < -0.4 is 10.6 Å². The Morgan fingerprint density at radius 1 is 1.07 bits per heavy atom. The number of hydrogen-bond donors (Lipinski definition) is 2. The third-order valence-corrected chi connectivity index (χ3v) is 4.41. The van der Waals surface area contributed by atoms with Gasteiger partial charge in [-0.05, 0) is 47.9 Å². The molecule has 2 aromatic carbocycles. The van der Waals surface area contributed by atoms with Crippen molar-refractivity contribution in [2.45, 2.75) is 13.0 Å². The third kappa shape index (κ3) is 5.53. The maximum atomic E-state index is 12.9. The van der Waals surface area contributed by atoms with E-state index in [2.05, 4.69) is 15.6 Å². The van der Waals surface area contributed by atoms with Gasteiger partial charge in [-0.25, -0.2) is 4.39 Å². The van der Waals surface area contributed by atoms with Crippen molar-refractivity contribution < 1.29 is 9.18 Å². The number of amides is 1. The molecule has 0 aliphatic carbocycles. The summed E-state index contributed by atoms with van der Waals surface area (Å²) in [4.78, 5) is 16.4. The van der Waals surface area contributed by atoms with E-state index in [9.17, 15) is 9.18 Å². The fourth-order valence-electron chi connectivity index (χ4n) is 2.57. The first-order valence-corrected chi connectivity index (χ1v) is 8.95. The van der Waals surface area contributed by atoms with E-state index in [1.807, 2.05) is 24.3 Å². The Hall–Kier alpha value is -2.92. The Balaban J connectivity index is 1.53. The number of nitrogens with one attached hydrogen (secondary N) is 2. The van der Waals surface area contributed by atoms with Crippen LogP contribution in [0.2, 0.25) is 5.02 Å². The van der Waals surface area contributed by atoms with Crippen molar-refractivity contribution in [1.82, 2.24) is 10.3 Å². The molecular formula is C21H19ClFN3O. The smallest absolute Gasteiger partial charge is 0.269 e. The van der Waals surface area contributed by atoms with E-state index in [1.165, 1.54) is 12.1 Å². The van der Waals surface area contributed by atoms with Gasteiger partial charge in [0.25, 0.3) is 5.91 Å². The highest BCUT2D eigenvalue weighted by Crippen LogP contribution is 2.17. The second-order valence-electron chi connectivity index (χ2n) is 6.01. The van der Waals surface area contributed by atoms with Crippen LogP contribution in [0.5, 0.6) is 0 Å². The predicted octanol–water partition coefficient (Wildman–Crippen LogP) is 4.46. The number of hydrogen-bond acceptors (Lipinski definition) is 3. The quantitative estimate of drug-likeness (QED) is 0.633. The Morgan fingerprint density at radius 3 is 2.63 bits per heavy atom. The molecule has 0 unspecified atom stereocenters.